The molecule has 0 aliphatic carbocycles. The Morgan fingerprint density at radius 3 is 2.05 bits per heavy atom. The van der Waals surface area contributed by atoms with E-state index in [1.165, 1.54) is 0 Å². The molecule has 0 aliphatic rings. The largest absolute Gasteiger partial charge is 0.389 e. The Labute approximate surface area is 134 Å². The molecule has 5 unspecified atom stereocenters. The number of aliphatic hydroxyl groups is 2. The van der Waals surface area contributed by atoms with Crippen molar-refractivity contribution in [1.29, 1.82) is 0 Å². The van der Waals surface area contributed by atoms with Crippen molar-refractivity contribution in [1.82, 2.24) is 0 Å². The van der Waals surface area contributed by atoms with Crippen LogP contribution in [0.4, 0.5) is 0 Å². The summed E-state index contributed by atoms with van der Waals surface area (Å²) in [5.74, 6) is -0.175. The zero-order chi connectivity index (χ0) is 17.2. The van der Waals surface area contributed by atoms with Crippen molar-refractivity contribution in [3.63, 3.8) is 0 Å². The van der Waals surface area contributed by atoms with E-state index in [0.29, 0.717) is 25.9 Å². The fourth-order valence-corrected chi connectivity index (χ4v) is 2.55. The Balaban J connectivity index is 4.78. The molecule has 5 atom stereocenters. The summed E-state index contributed by atoms with van der Waals surface area (Å²) in [7, 11) is 0. The lowest BCUT2D eigenvalue weighted by Gasteiger charge is -2.38. The Morgan fingerprint density at radius 2 is 1.59 bits per heavy atom. The van der Waals surface area contributed by atoms with Crippen molar-refractivity contribution in [2.45, 2.75) is 50.0 Å². The van der Waals surface area contributed by atoms with Crippen LogP contribution in [-0.2, 0) is 0 Å². The van der Waals surface area contributed by atoms with Gasteiger partial charge in [0.05, 0.1) is 12.1 Å². The van der Waals surface area contributed by atoms with Crippen LogP contribution in [0.2, 0.25) is 0 Å². The van der Waals surface area contributed by atoms with E-state index in [0.717, 1.165) is 19.3 Å². The molecule has 0 aliphatic heterocycles. The SMILES string of the molecule is C=CC(CCCN)CC(O)C(N)(O)C(N)C(C=C)CCCN. The van der Waals surface area contributed by atoms with Gasteiger partial charge in [0.2, 0.25) is 0 Å². The van der Waals surface area contributed by atoms with Crippen LogP contribution in [0.1, 0.15) is 32.1 Å². The molecule has 0 fully saturated rings. The average Bonchev–Trinajstić information content (AvgIpc) is 2.51. The minimum absolute atomic E-state index is 0.0343. The third-order valence-electron chi connectivity index (χ3n) is 4.21. The average molecular weight is 314 g/mol. The van der Waals surface area contributed by atoms with E-state index in [1.54, 1.807) is 12.2 Å². The highest BCUT2D eigenvalue weighted by molar-refractivity contribution is 5.00. The van der Waals surface area contributed by atoms with Gasteiger partial charge in [0.25, 0.3) is 0 Å². The molecule has 10 N–H and O–H groups in total. The van der Waals surface area contributed by atoms with Crippen molar-refractivity contribution < 1.29 is 10.2 Å². The quantitative estimate of drug-likeness (QED) is 0.205. The van der Waals surface area contributed by atoms with E-state index in [4.69, 9.17) is 22.9 Å². The van der Waals surface area contributed by atoms with Crippen LogP contribution in [0.15, 0.2) is 25.3 Å². The molecule has 0 radical (unpaired) electrons. The first-order valence-electron chi connectivity index (χ1n) is 7.95. The predicted octanol–water partition coefficient (Wildman–Crippen LogP) is -0.206. The number of aliphatic hydroxyl groups excluding tert-OH is 1. The molecule has 0 saturated carbocycles. The molecule has 0 aromatic carbocycles. The van der Waals surface area contributed by atoms with E-state index in [2.05, 4.69) is 13.2 Å². The summed E-state index contributed by atoms with van der Waals surface area (Å²) in [6.07, 6.45) is 5.59. The van der Waals surface area contributed by atoms with Gasteiger partial charge in [-0.3, -0.25) is 0 Å². The van der Waals surface area contributed by atoms with Gasteiger partial charge >= 0.3 is 0 Å². The molecule has 0 rings (SSSR count). The number of nitrogens with two attached hydrogens (primary N) is 4. The third kappa shape index (κ3) is 6.56. The van der Waals surface area contributed by atoms with Gasteiger partial charge in [0, 0.05) is 0 Å². The fourth-order valence-electron chi connectivity index (χ4n) is 2.55. The monoisotopic (exact) mass is 314 g/mol. The maximum atomic E-state index is 10.5. The maximum Gasteiger partial charge on any atom is 0.155 e. The summed E-state index contributed by atoms with van der Waals surface area (Å²) in [5, 5.41) is 20.8. The van der Waals surface area contributed by atoms with Crippen LogP contribution < -0.4 is 22.9 Å². The van der Waals surface area contributed by atoms with Gasteiger partial charge in [-0.15, -0.1) is 13.2 Å². The van der Waals surface area contributed by atoms with E-state index in [-0.39, 0.29) is 11.8 Å². The van der Waals surface area contributed by atoms with E-state index in [9.17, 15) is 10.2 Å². The predicted molar refractivity (Wildman–Crippen MR) is 91.7 cm³/mol. The summed E-state index contributed by atoms with van der Waals surface area (Å²) in [4.78, 5) is 0. The Bertz CT molecular complexity index is 323. The molecular weight excluding hydrogens is 280 g/mol. The second-order valence-corrected chi connectivity index (χ2v) is 5.92. The van der Waals surface area contributed by atoms with Gasteiger partial charge in [-0.25, -0.2) is 0 Å². The maximum absolute atomic E-state index is 10.5. The Kier molecular flexibility index (Phi) is 10.5. The molecule has 0 saturated heterocycles. The lowest BCUT2D eigenvalue weighted by molar-refractivity contribution is -0.102. The highest BCUT2D eigenvalue weighted by atomic mass is 16.4. The molecule has 0 aromatic heterocycles. The van der Waals surface area contributed by atoms with E-state index in [1.807, 2.05) is 0 Å². The van der Waals surface area contributed by atoms with Crippen molar-refractivity contribution >= 4 is 0 Å². The molecule has 0 spiro atoms. The number of rotatable bonds is 13. The fraction of sp³-hybridized carbons (Fsp3) is 0.750. The van der Waals surface area contributed by atoms with Crippen molar-refractivity contribution in [2.24, 2.45) is 34.8 Å². The lowest BCUT2D eigenvalue weighted by Crippen LogP contribution is -2.65. The molecule has 130 valence electrons. The molecule has 22 heavy (non-hydrogen) atoms. The Hall–Kier alpha value is -0.760. The minimum atomic E-state index is -1.89. The van der Waals surface area contributed by atoms with Crippen LogP contribution in [0.3, 0.4) is 0 Å². The molecule has 0 amide bonds. The summed E-state index contributed by atoms with van der Waals surface area (Å²) >= 11 is 0. The van der Waals surface area contributed by atoms with Gasteiger partial charge in [-0.2, -0.15) is 0 Å². The number of hydrogen-bond donors (Lipinski definition) is 6. The standard InChI is InChI=1S/C16H34N4O2/c1-3-12(7-5-9-17)11-14(21)16(20,22)15(19)13(4-2)8-6-10-18/h3-4,12-15,21-22H,1-2,5-11,17-20H2. The second-order valence-electron chi connectivity index (χ2n) is 5.92. The van der Waals surface area contributed by atoms with Gasteiger partial charge < -0.3 is 33.1 Å². The van der Waals surface area contributed by atoms with Gasteiger partial charge in [0.15, 0.2) is 5.72 Å². The molecular formula is C16H34N4O2. The van der Waals surface area contributed by atoms with E-state index < -0.39 is 17.9 Å². The van der Waals surface area contributed by atoms with Crippen LogP contribution in [0.5, 0.6) is 0 Å². The summed E-state index contributed by atoms with van der Waals surface area (Å²) in [6, 6.07) is -0.813. The first-order valence-corrected chi connectivity index (χ1v) is 7.95. The van der Waals surface area contributed by atoms with Crippen LogP contribution in [0.25, 0.3) is 0 Å². The van der Waals surface area contributed by atoms with Crippen LogP contribution in [0, 0.1) is 11.8 Å². The highest BCUT2D eigenvalue weighted by Gasteiger charge is 2.41. The minimum Gasteiger partial charge on any atom is -0.389 e. The van der Waals surface area contributed by atoms with Crippen molar-refractivity contribution in [3.8, 4) is 0 Å². The zero-order valence-electron chi connectivity index (χ0n) is 13.5. The molecule has 6 nitrogen and oxygen atoms in total. The smallest absolute Gasteiger partial charge is 0.155 e. The first-order chi connectivity index (χ1) is 10.3. The van der Waals surface area contributed by atoms with Crippen molar-refractivity contribution in [2.75, 3.05) is 13.1 Å². The highest BCUT2D eigenvalue weighted by Crippen LogP contribution is 2.25. The van der Waals surface area contributed by atoms with Gasteiger partial charge in [-0.05, 0) is 57.0 Å². The molecule has 0 bridgehead atoms. The lowest BCUT2D eigenvalue weighted by atomic mass is 9.82. The van der Waals surface area contributed by atoms with Gasteiger partial charge in [0.1, 0.15) is 0 Å². The first kappa shape index (κ1) is 21.2. The summed E-state index contributed by atoms with van der Waals surface area (Å²) in [5.41, 5.74) is 21.1. The van der Waals surface area contributed by atoms with Crippen LogP contribution in [-0.4, -0.2) is 41.2 Å². The van der Waals surface area contributed by atoms with Crippen molar-refractivity contribution in [3.05, 3.63) is 25.3 Å². The topological polar surface area (TPSA) is 145 Å². The molecule has 6 heteroatoms. The normalized spacial score (nSPS) is 19.7. The van der Waals surface area contributed by atoms with Crippen LogP contribution >= 0.6 is 0 Å². The number of hydrogen-bond acceptors (Lipinski definition) is 6. The number of allylic oxidation sites excluding steroid dienone is 1. The summed E-state index contributed by atoms with van der Waals surface area (Å²) in [6.45, 7) is 8.58. The zero-order valence-corrected chi connectivity index (χ0v) is 13.5. The molecule has 0 heterocycles. The third-order valence-corrected chi connectivity index (χ3v) is 4.21. The second kappa shape index (κ2) is 10.9. The van der Waals surface area contributed by atoms with E-state index >= 15 is 0 Å². The Morgan fingerprint density at radius 1 is 1.05 bits per heavy atom. The summed E-state index contributed by atoms with van der Waals surface area (Å²) < 4.78 is 0. The molecule has 0 aromatic rings. The van der Waals surface area contributed by atoms with Gasteiger partial charge in [-0.1, -0.05) is 12.2 Å².